The second kappa shape index (κ2) is 19.4. The van der Waals surface area contributed by atoms with Crippen LogP contribution in [-0.2, 0) is 20.0 Å². The van der Waals surface area contributed by atoms with Crippen molar-refractivity contribution < 1.29 is 23.0 Å². The normalized spacial score (nSPS) is 22.0. The van der Waals surface area contributed by atoms with E-state index in [1.165, 1.54) is 76.2 Å². The van der Waals surface area contributed by atoms with Crippen LogP contribution in [-0.4, -0.2) is 43.9 Å². The minimum Gasteiger partial charge on any atom is -0.756 e. The standard InChI is InChI=1S/C31H56NO4P/c1-3-4-5-6-7-8-9-10-11-12-13-14-15-19-29-35-37(33,34)36-31-23-20-26-32(2,28-25-31)27-24-30-21-17-16-18-22-30/h16-18,21-22,31H,3-15,19-20,23-29H2,1-2H3. The molecule has 0 aromatic heterocycles. The summed E-state index contributed by atoms with van der Waals surface area (Å²) in [6, 6.07) is 10.6. The van der Waals surface area contributed by atoms with E-state index in [0.29, 0.717) is 0 Å². The lowest BCUT2D eigenvalue weighted by Crippen LogP contribution is -2.46. The highest BCUT2D eigenvalue weighted by molar-refractivity contribution is 7.45. The Kier molecular flexibility index (Phi) is 17.0. The quantitative estimate of drug-likeness (QED) is 0.0901. The van der Waals surface area contributed by atoms with Gasteiger partial charge in [0.25, 0.3) is 7.82 Å². The average molecular weight is 538 g/mol. The molecule has 0 N–H and O–H groups in total. The first-order chi connectivity index (χ1) is 17.9. The molecule has 1 aliphatic rings. The Labute approximate surface area is 228 Å². The lowest BCUT2D eigenvalue weighted by Gasteiger charge is -2.34. The zero-order valence-corrected chi connectivity index (χ0v) is 24.9. The second-order valence-electron chi connectivity index (χ2n) is 11.6. The zero-order valence-electron chi connectivity index (χ0n) is 24.0. The number of hydrogen-bond acceptors (Lipinski definition) is 4. The fraction of sp³-hybridized carbons (Fsp3) is 0.806. The van der Waals surface area contributed by atoms with Gasteiger partial charge in [-0.25, -0.2) is 0 Å². The van der Waals surface area contributed by atoms with Crippen LogP contribution in [0.4, 0.5) is 0 Å². The third-order valence-electron chi connectivity index (χ3n) is 8.02. The molecule has 214 valence electrons. The van der Waals surface area contributed by atoms with Crippen molar-refractivity contribution in [3.63, 3.8) is 0 Å². The predicted molar refractivity (Wildman–Crippen MR) is 154 cm³/mol. The number of likely N-dealkylation sites (tertiary alicyclic amines) is 1. The third-order valence-corrected chi connectivity index (χ3v) is 9.08. The number of unbranched alkanes of at least 4 members (excludes halogenated alkanes) is 13. The Morgan fingerprint density at radius 2 is 1.41 bits per heavy atom. The fourth-order valence-corrected chi connectivity index (χ4v) is 6.46. The van der Waals surface area contributed by atoms with Crippen molar-refractivity contribution in [2.75, 3.05) is 33.3 Å². The molecular weight excluding hydrogens is 481 g/mol. The molecule has 0 saturated carbocycles. The van der Waals surface area contributed by atoms with Crippen molar-refractivity contribution in [2.24, 2.45) is 0 Å². The van der Waals surface area contributed by atoms with Gasteiger partial charge in [-0.3, -0.25) is 4.57 Å². The molecular formula is C31H56NO4P. The van der Waals surface area contributed by atoms with Crippen LogP contribution in [0.15, 0.2) is 30.3 Å². The summed E-state index contributed by atoms with van der Waals surface area (Å²) in [6.07, 6.45) is 21.2. The van der Waals surface area contributed by atoms with Gasteiger partial charge < -0.3 is 18.4 Å². The van der Waals surface area contributed by atoms with Crippen LogP contribution in [0.5, 0.6) is 0 Å². The number of nitrogens with zero attached hydrogens (tertiary/aromatic N) is 1. The van der Waals surface area contributed by atoms with E-state index in [2.05, 4.69) is 44.3 Å². The van der Waals surface area contributed by atoms with Crippen LogP contribution >= 0.6 is 7.82 Å². The molecule has 6 heteroatoms. The molecule has 0 spiro atoms. The molecule has 1 aromatic rings. The SMILES string of the molecule is CCCCCCCCCCCCCCCCOP(=O)([O-])OC1CCC[N+](C)(CCc2ccccc2)CC1. The van der Waals surface area contributed by atoms with Crippen LogP contribution in [0, 0.1) is 0 Å². The number of phosphoric ester groups is 1. The van der Waals surface area contributed by atoms with E-state index >= 15 is 0 Å². The van der Waals surface area contributed by atoms with Crippen LogP contribution in [0.3, 0.4) is 0 Å². The largest absolute Gasteiger partial charge is 0.756 e. The zero-order chi connectivity index (χ0) is 26.7. The maximum atomic E-state index is 12.4. The summed E-state index contributed by atoms with van der Waals surface area (Å²) in [5.41, 5.74) is 1.36. The first-order valence-corrected chi connectivity index (χ1v) is 16.9. The Morgan fingerprint density at radius 3 is 2.00 bits per heavy atom. The lowest BCUT2D eigenvalue weighted by atomic mass is 10.0. The third kappa shape index (κ3) is 16.1. The number of hydrogen-bond donors (Lipinski definition) is 0. The van der Waals surface area contributed by atoms with E-state index < -0.39 is 7.82 Å². The molecule has 0 amide bonds. The molecule has 1 heterocycles. The van der Waals surface area contributed by atoms with Gasteiger partial charge in [-0.2, -0.15) is 0 Å². The molecule has 37 heavy (non-hydrogen) atoms. The first kappa shape index (κ1) is 32.5. The molecule has 5 nitrogen and oxygen atoms in total. The molecule has 3 atom stereocenters. The predicted octanol–water partition coefficient (Wildman–Crippen LogP) is 8.21. The molecule has 1 aromatic carbocycles. The van der Waals surface area contributed by atoms with Gasteiger partial charge in [-0.05, 0) is 24.8 Å². The van der Waals surface area contributed by atoms with E-state index in [1.54, 1.807) is 0 Å². The number of likely N-dealkylation sites (N-methyl/N-ethyl adjacent to an activating group) is 1. The van der Waals surface area contributed by atoms with Crippen molar-refractivity contribution in [3.8, 4) is 0 Å². The highest BCUT2D eigenvalue weighted by atomic mass is 31.2. The molecule has 0 radical (unpaired) electrons. The van der Waals surface area contributed by atoms with Gasteiger partial charge >= 0.3 is 0 Å². The van der Waals surface area contributed by atoms with Gasteiger partial charge in [0, 0.05) is 12.8 Å². The smallest absolute Gasteiger partial charge is 0.268 e. The van der Waals surface area contributed by atoms with Gasteiger partial charge in [0.2, 0.25) is 0 Å². The van der Waals surface area contributed by atoms with Gasteiger partial charge in [0.05, 0.1) is 39.4 Å². The maximum Gasteiger partial charge on any atom is 0.268 e. The molecule has 0 bridgehead atoms. The minimum atomic E-state index is -4.23. The van der Waals surface area contributed by atoms with E-state index in [0.717, 1.165) is 69.1 Å². The van der Waals surface area contributed by atoms with Crippen LogP contribution in [0.2, 0.25) is 0 Å². The van der Waals surface area contributed by atoms with Crippen molar-refractivity contribution in [3.05, 3.63) is 35.9 Å². The second-order valence-corrected chi connectivity index (χ2v) is 12.9. The Bertz CT molecular complexity index is 731. The van der Waals surface area contributed by atoms with Gasteiger partial charge in [-0.1, -0.05) is 121 Å². The van der Waals surface area contributed by atoms with Crippen LogP contribution < -0.4 is 4.89 Å². The lowest BCUT2D eigenvalue weighted by molar-refractivity contribution is -0.908. The number of benzene rings is 1. The van der Waals surface area contributed by atoms with Gasteiger partial charge in [-0.15, -0.1) is 0 Å². The molecule has 0 aliphatic carbocycles. The molecule has 2 rings (SSSR count). The maximum absolute atomic E-state index is 12.4. The monoisotopic (exact) mass is 537 g/mol. The summed E-state index contributed by atoms with van der Waals surface area (Å²) in [6.45, 7) is 5.59. The topological polar surface area (TPSA) is 58.6 Å². The van der Waals surface area contributed by atoms with Crippen molar-refractivity contribution in [2.45, 2.75) is 129 Å². The van der Waals surface area contributed by atoms with Gasteiger partial charge in [0.1, 0.15) is 0 Å². The van der Waals surface area contributed by atoms with Crippen molar-refractivity contribution in [1.82, 2.24) is 0 Å². The van der Waals surface area contributed by atoms with Crippen molar-refractivity contribution >= 4 is 7.82 Å². The summed E-state index contributed by atoms with van der Waals surface area (Å²) in [5.74, 6) is 0. The van der Waals surface area contributed by atoms with E-state index in [4.69, 9.17) is 9.05 Å². The number of phosphoric acid groups is 1. The highest BCUT2D eigenvalue weighted by Gasteiger charge is 2.29. The Hall–Kier alpha value is -0.710. The van der Waals surface area contributed by atoms with Crippen LogP contribution in [0.1, 0.15) is 122 Å². The number of quaternary nitrogens is 1. The van der Waals surface area contributed by atoms with Gasteiger partial charge in [0.15, 0.2) is 0 Å². The molecule has 1 fully saturated rings. The Morgan fingerprint density at radius 1 is 0.838 bits per heavy atom. The Balaban J connectivity index is 1.47. The molecule has 1 saturated heterocycles. The van der Waals surface area contributed by atoms with E-state index in [9.17, 15) is 9.46 Å². The highest BCUT2D eigenvalue weighted by Crippen LogP contribution is 2.42. The summed E-state index contributed by atoms with van der Waals surface area (Å²) < 4.78 is 24.1. The van der Waals surface area contributed by atoms with E-state index in [1.807, 2.05) is 0 Å². The first-order valence-electron chi connectivity index (χ1n) is 15.4. The van der Waals surface area contributed by atoms with E-state index in [-0.39, 0.29) is 12.7 Å². The molecule has 3 unspecified atom stereocenters. The fourth-order valence-electron chi connectivity index (χ4n) is 5.47. The van der Waals surface area contributed by atoms with Crippen LogP contribution in [0.25, 0.3) is 0 Å². The summed E-state index contributed by atoms with van der Waals surface area (Å²) >= 11 is 0. The molecule has 1 aliphatic heterocycles. The summed E-state index contributed by atoms with van der Waals surface area (Å²) in [5, 5.41) is 0. The van der Waals surface area contributed by atoms with Crippen molar-refractivity contribution in [1.29, 1.82) is 0 Å². The average Bonchev–Trinajstić information content (AvgIpc) is 3.07. The minimum absolute atomic E-state index is 0.246. The summed E-state index contributed by atoms with van der Waals surface area (Å²) in [4.78, 5) is 12.4. The summed E-state index contributed by atoms with van der Waals surface area (Å²) in [7, 11) is -1.94. The number of rotatable bonds is 21.